The van der Waals surface area contributed by atoms with Gasteiger partial charge in [0.05, 0.1) is 12.8 Å². The monoisotopic (exact) mass is 334 g/mol. The lowest BCUT2D eigenvalue weighted by Crippen LogP contribution is -2.38. The minimum Gasteiger partial charge on any atom is -0.495 e. The molecule has 0 bridgehead atoms. The molecule has 1 heterocycles. The van der Waals surface area contributed by atoms with Crippen LogP contribution >= 0.6 is 0 Å². The summed E-state index contributed by atoms with van der Waals surface area (Å²) in [7, 11) is 1.57. The van der Waals surface area contributed by atoms with Crippen LogP contribution in [0, 0.1) is 0 Å². The number of nitrogens with one attached hydrogen (secondary N) is 3. The van der Waals surface area contributed by atoms with Crippen LogP contribution in [0.4, 0.5) is 15.3 Å². The molecule has 1 fully saturated rings. The zero-order valence-corrected chi connectivity index (χ0v) is 14.7. The van der Waals surface area contributed by atoms with Crippen molar-refractivity contribution in [3.63, 3.8) is 0 Å². The molecular weight excluding hydrogens is 308 g/mol. The number of hydrogen-bond donors (Lipinski definition) is 3. The van der Waals surface area contributed by atoms with Crippen molar-refractivity contribution in [2.45, 2.75) is 26.2 Å². The largest absolute Gasteiger partial charge is 0.495 e. The molecule has 0 aromatic heterocycles. The van der Waals surface area contributed by atoms with Crippen molar-refractivity contribution in [3.05, 3.63) is 23.8 Å². The van der Waals surface area contributed by atoms with Gasteiger partial charge in [0, 0.05) is 26.2 Å². The summed E-state index contributed by atoms with van der Waals surface area (Å²) in [5, 5.41) is 8.30. The molecule has 7 nitrogen and oxygen atoms in total. The van der Waals surface area contributed by atoms with E-state index in [-0.39, 0.29) is 17.5 Å². The van der Waals surface area contributed by atoms with Gasteiger partial charge in [-0.25, -0.2) is 9.59 Å². The van der Waals surface area contributed by atoms with E-state index in [2.05, 4.69) is 36.7 Å². The van der Waals surface area contributed by atoms with Gasteiger partial charge < -0.3 is 25.6 Å². The predicted octanol–water partition coefficient (Wildman–Crippen LogP) is 2.14. The number of ether oxygens (including phenoxy) is 1. The highest BCUT2D eigenvalue weighted by Gasteiger charge is 2.19. The van der Waals surface area contributed by atoms with E-state index in [4.69, 9.17) is 4.74 Å². The molecule has 1 saturated heterocycles. The fourth-order valence-electron chi connectivity index (χ4n) is 2.47. The molecule has 0 saturated carbocycles. The number of methoxy groups -OCH3 is 1. The van der Waals surface area contributed by atoms with Crippen molar-refractivity contribution in [1.82, 2.24) is 15.5 Å². The average Bonchev–Trinajstić information content (AvgIpc) is 2.91. The normalized spacial score (nSPS) is 14.3. The zero-order valence-electron chi connectivity index (χ0n) is 14.7. The van der Waals surface area contributed by atoms with Gasteiger partial charge in [-0.2, -0.15) is 0 Å². The molecule has 0 atom stereocenters. The summed E-state index contributed by atoms with van der Waals surface area (Å²) in [6, 6.07) is 5.36. The SMILES string of the molecule is COc1ccc(C(C)(C)C)cc1NC(=O)NCCN1CCNC1=O. The Hall–Kier alpha value is -2.44. The quantitative estimate of drug-likeness (QED) is 0.771. The van der Waals surface area contributed by atoms with Crippen molar-refractivity contribution in [3.8, 4) is 5.75 Å². The summed E-state index contributed by atoms with van der Waals surface area (Å²) in [6.45, 7) is 8.53. The first kappa shape index (κ1) is 17.9. The van der Waals surface area contributed by atoms with Crippen LogP contribution in [0.15, 0.2) is 18.2 Å². The fourth-order valence-corrected chi connectivity index (χ4v) is 2.47. The number of anilines is 1. The van der Waals surface area contributed by atoms with Crippen molar-refractivity contribution >= 4 is 17.7 Å². The maximum atomic E-state index is 12.1. The second kappa shape index (κ2) is 7.42. The lowest BCUT2D eigenvalue weighted by Gasteiger charge is -2.21. The van der Waals surface area contributed by atoms with Crippen molar-refractivity contribution in [2.24, 2.45) is 0 Å². The smallest absolute Gasteiger partial charge is 0.319 e. The Labute approximate surface area is 142 Å². The Morgan fingerprint density at radius 1 is 1.38 bits per heavy atom. The van der Waals surface area contributed by atoms with Gasteiger partial charge in [0.25, 0.3) is 0 Å². The minimum atomic E-state index is -0.320. The van der Waals surface area contributed by atoms with Crippen molar-refractivity contribution in [2.75, 3.05) is 38.6 Å². The first-order valence-corrected chi connectivity index (χ1v) is 8.07. The minimum absolute atomic E-state index is 0.0255. The van der Waals surface area contributed by atoms with Gasteiger partial charge in [-0.1, -0.05) is 26.8 Å². The highest BCUT2D eigenvalue weighted by atomic mass is 16.5. The summed E-state index contributed by atoms with van der Waals surface area (Å²) in [5.41, 5.74) is 1.70. The summed E-state index contributed by atoms with van der Waals surface area (Å²) in [5.74, 6) is 0.608. The van der Waals surface area contributed by atoms with E-state index in [1.54, 1.807) is 12.0 Å². The highest BCUT2D eigenvalue weighted by Crippen LogP contribution is 2.31. The third kappa shape index (κ3) is 4.53. The van der Waals surface area contributed by atoms with E-state index in [0.717, 1.165) is 5.56 Å². The van der Waals surface area contributed by atoms with Gasteiger partial charge in [0.2, 0.25) is 0 Å². The molecule has 24 heavy (non-hydrogen) atoms. The molecule has 4 amide bonds. The number of carbonyl (C=O) groups excluding carboxylic acids is 2. The maximum Gasteiger partial charge on any atom is 0.319 e. The van der Waals surface area contributed by atoms with E-state index in [9.17, 15) is 9.59 Å². The van der Waals surface area contributed by atoms with Crippen molar-refractivity contribution < 1.29 is 14.3 Å². The van der Waals surface area contributed by atoms with Gasteiger partial charge in [-0.3, -0.25) is 0 Å². The van der Waals surface area contributed by atoms with E-state index in [0.29, 0.717) is 37.6 Å². The van der Waals surface area contributed by atoms with Crippen LogP contribution in [0.1, 0.15) is 26.3 Å². The van der Waals surface area contributed by atoms with E-state index in [1.807, 2.05) is 18.2 Å². The predicted molar refractivity (Wildman–Crippen MR) is 93.7 cm³/mol. The van der Waals surface area contributed by atoms with E-state index < -0.39 is 0 Å². The maximum absolute atomic E-state index is 12.1. The molecule has 0 unspecified atom stereocenters. The Bertz CT molecular complexity index is 610. The number of urea groups is 2. The van der Waals surface area contributed by atoms with Gasteiger partial charge in [0.15, 0.2) is 0 Å². The number of nitrogens with zero attached hydrogens (tertiary/aromatic N) is 1. The second-order valence-corrected chi connectivity index (χ2v) is 6.76. The molecule has 1 aliphatic rings. The van der Waals surface area contributed by atoms with Crippen LogP contribution in [0.3, 0.4) is 0 Å². The lowest BCUT2D eigenvalue weighted by molar-refractivity contribution is 0.216. The Morgan fingerprint density at radius 3 is 2.71 bits per heavy atom. The second-order valence-electron chi connectivity index (χ2n) is 6.76. The number of amides is 4. The molecule has 0 spiro atoms. The third-order valence-corrected chi connectivity index (χ3v) is 3.93. The number of hydrogen-bond acceptors (Lipinski definition) is 3. The molecule has 7 heteroatoms. The van der Waals surface area contributed by atoms with Gasteiger partial charge in [-0.15, -0.1) is 0 Å². The molecule has 2 rings (SSSR count). The first-order chi connectivity index (χ1) is 11.3. The molecule has 132 valence electrons. The Kier molecular flexibility index (Phi) is 5.54. The Balaban J connectivity index is 1.93. The standard InChI is InChI=1S/C17H26N4O3/c1-17(2,3)12-5-6-14(24-4)13(11-12)20-15(22)18-7-9-21-10-8-19-16(21)23/h5-6,11H,7-10H2,1-4H3,(H,19,23)(H2,18,20,22). The van der Waals surface area contributed by atoms with Crippen LogP contribution < -0.4 is 20.7 Å². The summed E-state index contributed by atoms with van der Waals surface area (Å²) < 4.78 is 5.31. The number of benzene rings is 1. The van der Waals surface area contributed by atoms with Crippen LogP contribution in [-0.2, 0) is 5.41 Å². The summed E-state index contributed by atoms with van der Waals surface area (Å²) >= 11 is 0. The summed E-state index contributed by atoms with van der Waals surface area (Å²) in [6.07, 6.45) is 0. The first-order valence-electron chi connectivity index (χ1n) is 8.07. The number of rotatable bonds is 5. The zero-order chi connectivity index (χ0) is 17.7. The van der Waals surface area contributed by atoms with Crippen LogP contribution in [0.5, 0.6) is 5.75 Å². The topological polar surface area (TPSA) is 82.7 Å². The molecular formula is C17H26N4O3. The molecule has 1 aromatic carbocycles. The van der Waals surface area contributed by atoms with Gasteiger partial charge >= 0.3 is 12.1 Å². The molecule has 3 N–H and O–H groups in total. The lowest BCUT2D eigenvalue weighted by atomic mass is 9.87. The summed E-state index contributed by atoms with van der Waals surface area (Å²) in [4.78, 5) is 25.2. The van der Waals surface area contributed by atoms with Gasteiger partial charge in [-0.05, 0) is 23.1 Å². The van der Waals surface area contributed by atoms with E-state index >= 15 is 0 Å². The van der Waals surface area contributed by atoms with Crippen LogP contribution in [0.25, 0.3) is 0 Å². The van der Waals surface area contributed by atoms with Gasteiger partial charge in [0.1, 0.15) is 5.75 Å². The van der Waals surface area contributed by atoms with Crippen LogP contribution in [0.2, 0.25) is 0 Å². The average molecular weight is 334 g/mol. The number of carbonyl (C=O) groups is 2. The van der Waals surface area contributed by atoms with Crippen molar-refractivity contribution in [1.29, 1.82) is 0 Å². The molecule has 0 radical (unpaired) electrons. The molecule has 1 aromatic rings. The fraction of sp³-hybridized carbons (Fsp3) is 0.529. The third-order valence-electron chi connectivity index (χ3n) is 3.93. The molecule has 0 aliphatic carbocycles. The highest BCUT2D eigenvalue weighted by molar-refractivity contribution is 5.91. The molecule has 1 aliphatic heterocycles. The van der Waals surface area contributed by atoms with E-state index in [1.165, 1.54) is 0 Å². The Morgan fingerprint density at radius 2 is 2.12 bits per heavy atom. The van der Waals surface area contributed by atoms with Crippen LogP contribution in [-0.4, -0.2) is 50.3 Å².